The zero-order valence-electron chi connectivity index (χ0n) is 23.3. The molecule has 0 bridgehead atoms. The molecule has 1 aliphatic heterocycles. The first-order valence-electron chi connectivity index (χ1n) is 14.4. The van der Waals surface area contributed by atoms with Gasteiger partial charge in [-0.3, -0.25) is 4.79 Å². The van der Waals surface area contributed by atoms with E-state index in [-0.39, 0.29) is 12.5 Å². The van der Waals surface area contributed by atoms with Crippen molar-refractivity contribution in [3.8, 4) is 21.8 Å². The standard InChI is InChI=1S/C32H32N4O3S2/c1-18-30(40-19(2)33-18)24-12-9-21-15-22(10-11-23(21)34-24)29-28(20-7-4-3-5-8-20)31-25(16-26(41-31)32(38)39)36(29)17-27(37)35-13-6-14-35/h9-12,15-16,20H,3-8,13-14,17H2,1-2H3,(H,38,39). The van der Waals surface area contributed by atoms with Gasteiger partial charge in [0.25, 0.3) is 0 Å². The third-order valence-electron chi connectivity index (χ3n) is 8.60. The molecule has 7 rings (SSSR count). The second kappa shape index (κ2) is 10.4. The number of thiazole rings is 1. The average Bonchev–Trinajstić information content (AvgIpc) is 3.60. The van der Waals surface area contributed by atoms with Gasteiger partial charge in [0.1, 0.15) is 11.4 Å². The number of aromatic nitrogens is 3. The van der Waals surface area contributed by atoms with Gasteiger partial charge in [-0.15, -0.1) is 22.7 Å². The molecule has 1 saturated carbocycles. The number of carbonyl (C=O) groups excluding carboxylic acids is 1. The topological polar surface area (TPSA) is 88.3 Å². The Balaban J connectivity index is 1.40. The number of carboxylic acids is 1. The summed E-state index contributed by atoms with van der Waals surface area (Å²) in [4.78, 5) is 38.2. The predicted octanol–water partition coefficient (Wildman–Crippen LogP) is 7.64. The first kappa shape index (κ1) is 26.3. The number of likely N-dealkylation sites (tertiary alicyclic amines) is 1. The van der Waals surface area contributed by atoms with Gasteiger partial charge in [0.05, 0.1) is 42.7 Å². The van der Waals surface area contributed by atoms with E-state index in [0.717, 1.165) is 86.0 Å². The molecule has 0 spiro atoms. The summed E-state index contributed by atoms with van der Waals surface area (Å²) in [7, 11) is 0. The summed E-state index contributed by atoms with van der Waals surface area (Å²) in [5.41, 5.74) is 7.04. The van der Waals surface area contributed by atoms with Gasteiger partial charge in [-0.2, -0.15) is 0 Å². The van der Waals surface area contributed by atoms with Gasteiger partial charge in [0, 0.05) is 18.5 Å². The van der Waals surface area contributed by atoms with E-state index in [9.17, 15) is 14.7 Å². The van der Waals surface area contributed by atoms with Crippen molar-refractivity contribution in [2.24, 2.45) is 0 Å². The number of aryl methyl sites for hydroxylation is 2. The molecule has 2 aliphatic rings. The maximum Gasteiger partial charge on any atom is 0.345 e. The van der Waals surface area contributed by atoms with Crippen LogP contribution in [-0.4, -0.2) is 49.5 Å². The van der Waals surface area contributed by atoms with Crippen molar-refractivity contribution in [1.82, 2.24) is 19.4 Å². The van der Waals surface area contributed by atoms with Gasteiger partial charge in [0.15, 0.2) is 0 Å². The van der Waals surface area contributed by atoms with Gasteiger partial charge < -0.3 is 14.6 Å². The monoisotopic (exact) mass is 584 g/mol. The number of carbonyl (C=O) groups is 2. The van der Waals surface area contributed by atoms with Crippen molar-refractivity contribution in [1.29, 1.82) is 0 Å². The van der Waals surface area contributed by atoms with E-state index >= 15 is 0 Å². The molecule has 1 aliphatic carbocycles. The Hall–Kier alpha value is -3.56. The van der Waals surface area contributed by atoms with Crippen LogP contribution in [0.4, 0.5) is 0 Å². The van der Waals surface area contributed by atoms with E-state index in [1.807, 2.05) is 18.7 Å². The summed E-state index contributed by atoms with van der Waals surface area (Å²) in [5.74, 6) is -0.479. The molecule has 1 aromatic carbocycles. The summed E-state index contributed by atoms with van der Waals surface area (Å²) in [6.45, 7) is 5.84. The average molecular weight is 585 g/mol. The summed E-state index contributed by atoms with van der Waals surface area (Å²) in [6, 6.07) is 12.4. The summed E-state index contributed by atoms with van der Waals surface area (Å²) in [6.07, 6.45) is 6.77. The van der Waals surface area contributed by atoms with Crippen molar-refractivity contribution in [3.05, 3.63) is 57.5 Å². The zero-order chi connectivity index (χ0) is 28.2. The molecule has 0 unspecified atom stereocenters. The summed E-state index contributed by atoms with van der Waals surface area (Å²) in [5, 5.41) is 11.9. The highest BCUT2D eigenvalue weighted by atomic mass is 32.1. The zero-order valence-corrected chi connectivity index (χ0v) is 24.9. The van der Waals surface area contributed by atoms with Crippen LogP contribution in [0.25, 0.3) is 42.9 Å². The minimum absolute atomic E-state index is 0.0926. The largest absolute Gasteiger partial charge is 0.477 e. The number of thiophene rings is 1. The molecule has 41 heavy (non-hydrogen) atoms. The lowest BCUT2D eigenvalue weighted by atomic mass is 9.83. The van der Waals surface area contributed by atoms with E-state index in [0.29, 0.717) is 10.8 Å². The molecule has 1 N–H and O–H groups in total. The fourth-order valence-corrected chi connectivity index (χ4v) is 8.48. The Labute approximate surface area is 246 Å². The molecule has 2 fully saturated rings. The molecular formula is C32H32N4O3S2. The molecule has 210 valence electrons. The van der Waals surface area contributed by atoms with Gasteiger partial charge in [-0.1, -0.05) is 31.4 Å². The molecule has 7 nitrogen and oxygen atoms in total. The predicted molar refractivity (Wildman–Crippen MR) is 165 cm³/mol. The minimum Gasteiger partial charge on any atom is -0.477 e. The lowest BCUT2D eigenvalue weighted by Gasteiger charge is -2.31. The highest BCUT2D eigenvalue weighted by Crippen LogP contribution is 2.47. The third-order valence-corrected chi connectivity index (χ3v) is 10.8. The number of nitrogens with zero attached hydrogens (tertiary/aromatic N) is 4. The number of hydrogen-bond donors (Lipinski definition) is 1. The summed E-state index contributed by atoms with van der Waals surface area (Å²) >= 11 is 3.02. The second-order valence-corrected chi connectivity index (χ2v) is 13.6. The first-order valence-corrected chi connectivity index (χ1v) is 16.0. The fraction of sp³-hybridized carbons (Fsp3) is 0.375. The Morgan fingerprint density at radius 3 is 2.46 bits per heavy atom. The Bertz CT molecular complexity index is 1820. The fourth-order valence-electron chi connectivity index (χ4n) is 6.47. The first-order chi connectivity index (χ1) is 19.9. The Morgan fingerprint density at radius 1 is 0.976 bits per heavy atom. The van der Waals surface area contributed by atoms with Crippen molar-refractivity contribution < 1.29 is 14.7 Å². The molecule has 5 aromatic rings. The van der Waals surface area contributed by atoms with E-state index in [2.05, 4.69) is 39.9 Å². The van der Waals surface area contributed by atoms with Crippen LogP contribution >= 0.6 is 22.7 Å². The van der Waals surface area contributed by atoms with Crippen LogP contribution in [0.15, 0.2) is 36.4 Å². The van der Waals surface area contributed by atoms with Crippen molar-refractivity contribution in [3.63, 3.8) is 0 Å². The maximum absolute atomic E-state index is 13.3. The molecule has 1 saturated heterocycles. The second-order valence-electron chi connectivity index (χ2n) is 11.3. The van der Waals surface area contributed by atoms with Gasteiger partial charge in [-0.05, 0) is 74.4 Å². The number of benzene rings is 1. The normalized spacial score (nSPS) is 16.0. The summed E-state index contributed by atoms with van der Waals surface area (Å²) < 4.78 is 3.13. The minimum atomic E-state index is -0.915. The highest BCUT2D eigenvalue weighted by molar-refractivity contribution is 7.21. The number of pyridine rings is 1. The molecule has 1 amide bonds. The molecule has 0 atom stereocenters. The van der Waals surface area contributed by atoms with Crippen LogP contribution in [0.5, 0.6) is 0 Å². The maximum atomic E-state index is 13.3. The molecule has 4 aromatic heterocycles. The molecular weight excluding hydrogens is 553 g/mol. The Morgan fingerprint density at radius 2 is 1.78 bits per heavy atom. The van der Waals surface area contributed by atoms with Crippen LogP contribution in [0.1, 0.15) is 70.4 Å². The van der Waals surface area contributed by atoms with Crippen LogP contribution in [0, 0.1) is 13.8 Å². The van der Waals surface area contributed by atoms with E-state index < -0.39 is 5.97 Å². The van der Waals surface area contributed by atoms with Crippen LogP contribution in [-0.2, 0) is 11.3 Å². The van der Waals surface area contributed by atoms with Crippen molar-refractivity contribution in [2.45, 2.75) is 64.8 Å². The van der Waals surface area contributed by atoms with Gasteiger partial charge in [0.2, 0.25) is 5.91 Å². The molecule has 5 heterocycles. The molecule has 9 heteroatoms. The van der Waals surface area contributed by atoms with E-state index in [1.165, 1.54) is 36.2 Å². The number of carboxylic acid groups (broad SMARTS) is 1. The highest BCUT2D eigenvalue weighted by Gasteiger charge is 2.31. The SMILES string of the molecule is Cc1nc(C)c(-c2ccc3cc(-c4c(C5CCCCC5)c5sc(C(=O)O)cc5n4CC(=O)N4CCC4)ccc3n2)s1. The smallest absolute Gasteiger partial charge is 0.345 e. The van der Waals surface area contributed by atoms with Crippen molar-refractivity contribution >= 4 is 55.7 Å². The van der Waals surface area contributed by atoms with Gasteiger partial charge in [-0.25, -0.2) is 14.8 Å². The number of aromatic carboxylic acids is 1. The third kappa shape index (κ3) is 4.65. The Kier molecular flexibility index (Phi) is 6.66. The lowest BCUT2D eigenvalue weighted by molar-refractivity contribution is -0.135. The van der Waals surface area contributed by atoms with Crippen LogP contribution < -0.4 is 0 Å². The molecule has 0 radical (unpaired) electrons. The number of fused-ring (bicyclic) bond motifs is 2. The lowest BCUT2D eigenvalue weighted by Crippen LogP contribution is -2.43. The van der Waals surface area contributed by atoms with Crippen LogP contribution in [0.3, 0.4) is 0 Å². The van der Waals surface area contributed by atoms with Crippen LogP contribution in [0.2, 0.25) is 0 Å². The van der Waals surface area contributed by atoms with Gasteiger partial charge >= 0.3 is 5.97 Å². The van der Waals surface area contributed by atoms with Crippen molar-refractivity contribution in [2.75, 3.05) is 13.1 Å². The number of rotatable bonds is 6. The quantitative estimate of drug-likeness (QED) is 0.222. The van der Waals surface area contributed by atoms with E-state index in [4.69, 9.17) is 4.98 Å². The number of hydrogen-bond acceptors (Lipinski definition) is 6. The number of amides is 1. The van der Waals surface area contributed by atoms with E-state index in [1.54, 1.807) is 17.4 Å².